The fourth-order valence-corrected chi connectivity index (χ4v) is 2.26. The van der Waals surface area contributed by atoms with Gasteiger partial charge < -0.3 is 10.4 Å². The van der Waals surface area contributed by atoms with Crippen molar-refractivity contribution >= 4 is 22.4 Å². The number of nitrogens with one attached hydrogen (secondary N) is 1. The van der Waals surface area contributed by atoms with Crippen LogP contribution < -0.4 is 5.32 Å². The summed E-state index contributed by atoms with van der Waals surface area (Å²) in [7, 11) is 0. The van der Waals surface area contributed by atoms with Gasteiger partial charge in [-0.05, 0) is 18.2 Å². The van der Waals surface area contributed by atoms with Crippen LogP contribution in [-0.4, -0.2) is 16.0 Å². The number of hydrogen-bond acceptors (Lipinski definition) is 3. The Morgan fingerprint density at radius 1 is 1.10 bits per heavy atom. The number of aromatic nitrogens is 1. The molecule has 0 atom stereocenters. The van der Waals surface area contributed by atoms with Gasteiger partial charge >= 0.3 is 0 Å². The Bertz CT molecular complexity index is 794. The standard InChI is InChI=1S/C17H14N2O2/c20-16-7-2-1-4-12(16)10-17(21)19-15-6-3-5-13-11-18-9-8-14(13)15/h1-9,11,20H,10H2,(H,19,21). The van der Waals surface area contributed by atoms with Crippen LogP contribution in [0.3, 0.4) is 0 Å². The van der Waals surface area contributed by atoms with Crippen molar-refractivity contribution in [3.63, 3.8) is 0 Å². The SMILES string of the molecule is O=C(Cc1ccccc1O)Nc1cccc2cnccc12. The second-order valence-corrected chi connectivity index (χ2v) is 4.76. The molecule has 2 N–H and O–H groups in total. The van der Waals surface area contributed by atoms with Gasteiger partial charge in [-0.25, -0.2) is 0 Å². The highest BCUT2D eigenvalue weighted by atomic mass is 16.3. The molecule has 0 bridgehead atoms. The molecule has 0 aliphatic carbocycles. The van der Waals surface area contributed by atoms with E-state index < -0.39 is 0 Å². The fraction of sp³-hybridized carbons (Fsp3) is 0.0588. The second-order valence-electron chi connectivity index (χ2n) is 4.76. The normalized spacial score (nSPS) is 10.5. The molecular weight excluding hydrogens is 264 g/mol. The number of amides is 1. The Labute approximate surface area is 122 Å². The Balaban J connectivity index is 1.82. The van der Waals surface area contributed by atoms with Crippen molar-refractivity contribution < 1.29 is 9.90 Å². The fourth-order valence-electron chi connectivity index (χ4n) is 2.26. The molecular formula is C17H14N2O2. The number of hydrogen-bond donors (Lipinski definition) is 2. The van der Waals surface area contributed by atoms with Crippen LogP contribution in [0.1, 0.15) is 5.56 Å². The van der Waals surface area contributed by atoms with E-state index in [0.29, 0.717) is 5.56 Å². The number of rotatable bonds is 3. The first kappa shape index (κ1) is 13.1. The highest BCUT2D eigenvalue weighted by Crippen LogP contribution is 2.23. The predicted octanol–water partition coefficient (Wildman–Crippen LogP) is 3.12. The molecule has 0 fully saturated rings. The topological polar surface area (TPSA) is 62.2 Å². The molecule has 0 saturated carbocycles. The number of nitrogens with zero attached hydrogens (tertiary/aromatic N) is 1. The van der Waals surface area contributed by atoms with E-state index in [1.165, 1.54) is 0 Å². The third-order valence-electron chi connectivity index (χ3n) is 3.30. The first-order valence-corrected chi connectivity index (χ1v) is 6.63. The summed E-state index contributed by atoms with van der Waals surface area (Å²) in [6.07, 6.45) is 3.59. The molecule has 0 radical (unpaired) electrons. The summed E-state index contributed by atoms with van der Waals surface area (Å²) < 4.78 is 0. The van der Waals surface area contributed by atoms with Gasteiger partial charge in [-0.3, -0.25) is 9.78 Å². The molecule has 0 unspecified atom stereocenters. The molecule has 21 heavy (non-hydrogen) atoms. The molecule has 2 aromatic carbocycles. The number of aromatic hydroxyl groups is 1. The van der Waals surface area contributed by atoms with Gasteiger partial charge in [0.1, 0.15) is 5.75 Å². The Hall–Kier alpha value is -2.88. The van der Waals surface area contributed by atoms with Crippen molar-refractivity contribution in [2.24, 2.45) is 0 Å². The summed E-state index contributed by atoms with van der Waals surface area (Å²) in [6.45, 7) is 0. The minimum absolute atomic E-state index is 0.133. The van der Waals surface area contributed by atoms with Gasteiger partial charge in [-0.2, -0.15) is 0 Å². The van der Waals surface area contributed by atoms with Crippen molar-refractivity contribution in [1.82, 2.24) is 4.98 Å². The highest BCUT2D eigenvalue weighted by molar-refractivity contribution is 6.02. The van der Waals surface area contributed by atoms with Crippen molar-refractivity contribution in [3.8, 4) is 5.75 Å². The average molecular weight is 278 g/mol. The van der Waals surface area contributed by atoms with Crippen molar-refractivity contribution in [2.45, 2.75) is 6.42 Å². The Kier molecular flexibility index (Phi) is 3.51. The molecule has 0 spiro atoms. The van der Waals surface area contributed by atoms with Crippen molar-refractivity contribution in [1.29, 1.82) is 0 Å². The number of anilines is 1. The van der Waals surface area contributed by atoms with Gasteiger partial charge in [0, 0.05) is 34.4 Å². The zero-order chi connectivity index (χ0) is 14.7. The van der Waals surface area contributed by atoms with Crippen LogP contribution in [0.4, 0.5) is 5.69 Å². The van der Waals surface area contributed by atoms with Gasteiger partial charge in [0.25, 0.3) is 0 Å². The van der Waals surface area contributed by atoms with Crippen LogP contribution in [0.25, 0.3) is 10.8 Å². The number of phenols is 1. The van der Waals surface area contributed by atoms with E-state index in [0.717, 1.165) is 16.5 Å². The molecule has 4 nitrogen and oxygen atoms in total. The van der Waals surface area contributed by atoms with Crippen LogP contribution in [0, 0.1) is 0 Å². The molecule has 1 amide bonds. The summed E-state index contributed by atoms with van der Waals surface area (Å²) in [5.74, 6) is -0.0319. The maximum atomic E-state index is 12.1. The lowest BCUT2D eigenvalue weighted by Gasteiger charge is -2.09. The molecule has 3 rings (SSSR count). The van der Waals surface area contributed by atoms with Crippen molar-refractivity contribution in [3.05, 3.63) is 66.5 Å². The number of phenolic OH excluding ortho intramolecular Hbond substituents is 1. The quantitative estimate of drug-likeness (QED) is 0.773. The maximum Gasteiger partial charge on any atom is 0.228 e. The largest absolute Gasteiger partial charge is 0.508 e. The smallest absolute Gasteiger partial charge is 0.228 e. The van der Waals surface area contributed by atoms with E-state index in [9.17, 15) is 9.90 Å². The second kappa shape index (κ2) is 5.63. The predicted molar refractivity (Wildman–Crippen MR) is 82.2 cm³/mol. The van der Waals surface area contributed by atoms with Crippen LogP contribution in [0.15, 0.2) is 60.9 Å². The minimum Gasteiger partial charge on any atom is -0.508 e. The number of carbonyl (C=O) groups excluding carboxylic acids is 1. The number of para-hydroxylation sites is 1. The van der Waals surface area contributed by atoms with E-state index >= 15 is 0 Å². The molecule has 0 aliphatic rings. The summed E-state index contributed by atoms with van der Waals surface area (Å²) in [4.78, 5) is 16.2. The molecule has 0 aliphatic heterocycles. The summed E-state index contributed by atoms with van der Waals surface area (Å²) in [6, 6.07) is 14.4. The van der Waals surface area contributed by atoms with Crippen LogP contribution in [-0.2, 0) is 11.2 Å². The molecule has 104 valence electrons. The van der Waals surface area contributed by atoms with Gasteiger partial charge in [-0.1, -0.05) is 30.3 Å². The molecule has 1 aromatic heterocycles. The minimum atomic E-state index is -0.166. The average Bonchev–Trinajstić information content (AvgIpc) is 2.50. The first-order chi connectivity index (χ1) is 10.2. The molecule has 0 saturated heterocycles. The number of carbonyl (C=O) groups is 1. The molecule has 1 heterocycles. The lowest BCUT2D eigenvalue weighted by molar-refractivity contribution is -0.115. The first-order valence-electron chi connectivity index (χ1n) is 6.63. The molecule has 3 aromatic rings. The maximum absolute atomic E-state index is 12.1. The van der Waals surface area contributed by atoms with E-state index in [1.54, 1.807) is 36.7 Å². The Morgan fingerprint density at radius 2 is 1.95 bits per heavy atom. The summed E-state index contributed by atoms with van der Waals surface area (Å²) in [5.41, 5.74) is 1.35. The zero-order valence-corrected chi connectivity index (χ0v) is 11.3. The van der Waals surface area contributed by atoms with E-state index in [4.69, 9.17) is 0 Å². The zero-order valence-electron chi connectivity index (χ0n) is 11.3. The van der Waals surface area contributed by atoms with E-state index in [-0.39, 0.29) is 18.1 Å². The number of benzene rings is 2. The third-order valence-corrected chi connectivity index (χ3v) is 3.30. The third kappa shape index (κ3) is 2.84. The van der Waals surface area contributed by atoms with Gasteiger partial charge in [0.2, 0.25) is 5.91 Å². The monoisotopic (exact) mass is 278 g/mol. The van der Waals surface area contributed by atoms with Crippen LogP contribution >= 0.6 is 0 Å². The van der Waals surface area contributed by atoms with Gasteiger partial charge in [0.15, 0.2) is 0 Å². The molecule has 4 heteroatoms. The lowest BCUT2D eigenvalue weighted by Crippen LogP contribution is -2.14. The van der Waals surface area contributed by atoms with Gasteiger partial charge in [-0.15, -0.1) is 0 Å². The summed E-state index contributed by atoms with van der Waals surface area (Å²) in [5, 5.41) is 14.5. The number of pyridine rings is 1. The van der Waals surface area contributed by atoms with Crippen LogP contribution in [0.5, 0.6) is 5.75 Å². The Morgan fingerprint density at radius 3 is 2.81 bits per heavy atom. The van der Waals surface area contributed by atoms with E-state index in [2.05, 4.69) is 10.3 Å². The summed E-state index contributed by atoms with van der Waals surface area (Å²) >= 11 is 0. The highest BCUT2D eigenvalue weighted by Gasteiger charge is 2.09. The van der Waals surface area contributed by atoms with Crippen molar-refractivity contribution in [2.75, 3.05) is 5.32 Å². The number of fused-ring (bicyclic) bond motifs is 1. The van der Waals surface area contributed by atoms with E-state index in [1.807, 2.05) is 24.3 Å². The van der Waals surface area contributed by atoms with Gasteiger partial charge in [0.05, 0.1) is 6.42 Å². The van der Waals surface area contributed by atoms with Crippen LogP contribution in [0.2, 0.25) is 0 Å². The lowest BCUT2D eigenvalue weighted by atomic mass is 10.1.